The summed E-state index contributed by atoms with van der Waals surface area (Å²) in [5.41, 5.74) is 2.93. The van der Waals surface area contributed by atoms with Gasteiger partial charge in [-0.15, -0.1) is 0 Å². The highest BCUT2D eigenvalue weighted by Crippen LogP contribution is 2.43. The van der Waals surface area contributed by atoms with Gasteiger partial charge in [0, 0.05) is 18.6 Å². The monoisotopic (exact) mass is 377 g/mol. The summed E-state index contributed by atoms with van der Waals surface area (Å²) in [7, 11) is 1.74. The van der Waals surface area contributed by atoms with Crippen LogP contribution in [0.15, 0.2) is 54.6 Å². The summed E-state index contributed by atoms with van der Waals surface area (Å²) in [4.78, 5) is 2.83. The topological polar surface area (TPSA) is 12.5 Å². The molecule has 5 atom stereocenters. The van der Waals surface area contributed by atoms with Crippen molar-refractivity contribution in [2.45, 2.75) is 58.0 Å². The zero-order valence-corrected chi connectivity index (χ0v) is 17.7. The van der Waals surface area contributed by atoms with E-state index in [2.05, 4.69) is 73.3 Å². The highest BCUT2D eigenvalue weighted by atomic mass is 16.5. The highest BCUT2D eigenvalue weighted by Gasteiger charge is 2.40. The lowest BCUT2D eigenvalue weighted by molar-refractivity contribution is -0.00722. The van der Waals surface area contributed by atoms with Crippen LogP contribution in [0.2, 0.25) is 0 Å². The number of benzene rings is 2. The van der Waals surface area contributed by atoms with Crippen LogP contribution in [0.3, 0.4) is 0 Å². The summed E-state index contributed by atoms with van der Waals surface area (Å²) >= 11 is 0. The van der Waals surface area contributed by atoms with Gasteiger partial charge in [-0.3, -0.25) is 4.90 Å². The maximum atomic E-state index is 5.31. The third kappa shape index (κ3) is 4.27. The van der Waals surface area contributed by atoms with Crippen molar-refractivity contribution in [1.82, 2.24) is 4.90 Å². The number of hydrogen-bond acceptors (Lipinski definition) is 2. The van der Waals surface area contributed by atoms with Crippen LogP contribution in [0, 0.1) is 17.8 Å². The molecule has 1 saturated carbocycles. The number of fused-ring (bicyclic) bond motifs is 1. The predicted octanol–water partition coefficient (Wildman–Crippen LogP) is 6.13. The third-order valence-corrected chi connectivity index (χ3v) is 7.17. The first-order valence-corrected chi connectivity index (χ1v) is 11.1. The van der Waals surface area contributed by atoms with E-state index in [1.54, 1.807) is 7.11 Å². The van der Waals surface area contributed by atoms with Crippen molar-refractivity contribution >= 4 is 0 Å². The fourth-order valence-corrected chi connectivity index (χ4v) is 5.77. The van der Waals surface area contributed by atoms with Gasteiger partial charge in [-0.25, -0.2) is 0 Å². The minimum absolute atomic E-state index is 0.523. The molecule has 28 heavy (non-hydrogen) atoms. The molecule has 1 aliphatic heterocycles. The van der Waals surface area contributed by atoms with Crippen molar-refractivity contribution in [3.05, 3.63) is 65.7 Å². The first-order valence-electron chi connectivity index (χ1n) is 11.1. The molecule has 0 spiro atoms. The summed E-state index contributed by atoms with van der Waals surface area (Å²) in [5, 5.41) is 0. The fourth-order valence-electron chi connectivity index (χ4n) is 5.77. The van der Waals surface area contributed by atoms with E-state index in [1.165, 1.54) is 49.8 Å². The van der Waals surface area contributed by atoms with Crippen molar-refractivity contribution in [3.8, 4) is 5.75 Å². The van der Waals surface area contributed by atoms with Gasteiger partial charge in [0.2, 0.25) is 0 Å². The number of methoxy groups -OCH3 is 1. The molecule has 2 fully saturated rings. The molecule has 0 radical (unpaired) electrons. The third-order valence-electron chi connectivity index (χ3n) is 7.17. The molecule has 1 heterocycles. The van der Waals surface area contributed by atoms with Gasteiger partial charge in [0.25, 0.3) is 0 Å². The van der Waals surface area contributed by atoms with E-state index in [4.69, 9.17) is 4.74 Å². The van der Waals surface area contributed by atoms with E-state index in [1.807, 2.05) is 0 Å². The molecule has 0 aromatic heterocycles. The largest absolute Gasteiger partial charge is 0.497 e. The summed E-state index contributed by atoms with van der Waals surface area (Å²) < 4.78 is 5.31. The lowest BCUT2D eigenvalue weighted by atomic mass is 9.69. The maximum Gasteiger partial charge on any atom is 0.118 e. The molecule has 2 heteroatoms. The van der Waals surface area contributed by atoms with Gasteiger partial charge in [0.15, 0.2) is 0 Å². The second-order valence-corrected chi connectivity index (χ2v) is 9.18. The molecule has 150 valence electrons. The van der Waals surface area contributed by atoms with Crippen LogP contribution >= 0.6 is 0 Å². The van der Waals surface area contributed by atoms with Crippen LogP contribution in [0.4, 0.5) is 0 Å². The molecular formula is C26H35NO. The smallest absolute Gasteiger partial charge is 0.118 e. The number of ether oxygens (including phenoxy) is 1. The molecule has 0 amide bonds. The summed E-state index contributed by atoms with van der Waals surface area (Å²) in [5.74, 6) is 3.44. The SMILES string of the molecule is COc1ccc(C[C@@H]2CC[C@@H]3[C@@H](C[C@@H](C)CN3C(C)c3ccccc3)C2)cc1. The molecule has 2 aromatic carbocycles. The van der Waals surface area contributed by atoms with E-state index in [-0.39, 0.29) is 0 Å². The average Bonchev–Trinajstić information content (AvgIpc) is 2.73. The van der Waals surface area contributed by atoms with Gasteiger partial charge in [-0.1, -0.05) is 49.4 Å². The Hall–Kier alpha value is -1.80. The van der Waals surface area contributed by atoms with Crippen LogP contribution in [-0.2, 0) is 6.42 Å². The number of hydrogen-bond donors (Lipinski definition) is 0. The Morgan fingerprint density at radius 2 is 1.75 bits per heavy atom. The van der Waals surface area contributed by atoms with E-state index < -0.39 is 0 Å². The van der Waals surface area contributed by atoms with E-state index in [0.29, 0.717) is 6.04 Å². The van der Waals surface area contributed by atoms with Crippen LogP contribution in [0.5, 0.6) is 5.75 Å². The normalized spacial score (nSPS) is 29.1. The average molecular weight is 378 g/mol. The maximum absolute atomic E-state index is 5.31. The van der Waals surface area contributed by atoms with Gasteiger partial charge in [-0.05, 0) is 80.0 Å². The van der Waals surface area contributed by atoms with Crippen molar-refractivity contribution in [1.29, 1.82) is 0 Å². The standard InChI is InChI=1S/C26H35NO/c1-19-15-24-17-22(16-21-9-12-25(28-3)13-10-21)11-14-26(24)27(18-19)20(2)23-7-5-4-6-8-23/h4-10,12-13,19-20,22,24,26H,11,14-18H2,1-3H3/t19-,20?,22+,24+,26-/m1/s1. The molecule has 0 bridgehead atoms. The highest BCUT2D eigenvalue weighted by molar-refractivity contribution is 5.27. The number of nitrogens with zero attached hydrogens (tertiary/aromatic N) is 1. The van der Waals surface area contributed by atoms with Gasteiger partial charge in [0.05, 0.1) is 7.11 Å². The van der Waals surface area contributed by atoms with Crippen molar-refractivity contribution in [2.24, 2.45) is 17.8 Å². The molecule has 1 aliphatic carbocycles. The quantitative estimate of drug-likeness (QED) is 0.622. The van der Waals surface area contributed by atoms with E-state index >= 15 is 0 Å². The van der Waals surface area contributed by atoms with Crippen LogP contribution in [0.1, 0.15) is 56.7 Å². The molecular weight excluding hydrogens is 342 g/mol. The Morgan fingerprint density at radius 3 is 2.46 bits per heavy atom. The Bertz CT molecular complexity index is 741. The molecule has 2 aliphatic rings. The molecule has 2 nitrogen and oxygen atoms in total. The van der Waals surface area contributed by atoms with Crippen molar-refractivity contribution in [2.75, 3.05) is 13.7 Å². The van der Waals surface area contributed by atoms with Gasteiger partial charge >= 0.3 is 0 Å². The zero-order chi connectivity index (χ0) is 19.5. The molecule has 1 unspecified atom stereocenters. The summed E-state index contributed by atoms with van der Waals surface area (Å²) in [6.45, 7) is 6.11. The van der Waals surface area contributed by atoms with Crippen molar-refractivity contribution < 1.29 is 4.74 Å². The number of rotatable bonds is 5. The second kappa shape index (κ2) is 8.69. The lowest BCUT2D eigenvalue weighted by Gasteiger charge is -2.50. The number of likely N-dealkylation sites (tertiary alicyclic amines) is 1. The van der Waals surface area contributed by atoms with Crippen LogP contribution in [-0.4, -0.2) is 24.6 Å². The van der Waals surface area contributed by atoms with E-state index in [0.717, 1.165) is 29.5 Å². The zero-order valence-electron chi connectivity index (χ0n) is 17.7. The van der Waals surface area contributed by atoms with Crippen LogP contribution in [0.25, 0.3) is 0 Å². The second-order valence-electron chi connectivity index (χ2n) is 9.18. The molecule has 4 rings (SSSR count). The molecule has 1 saturated heterocycles. The van der Waals surface area contributed by atoms with E-state index in [9.17, 15) is 0 Å². The van der Waals surface area contributed by atoms with Crippen molar-refractivity contribution in [3.63, 3.8) is 0 Å². The lowest BCUT2D eigenvalue weighted by Crippen LogP contribution is -2.51. The Kier molecular flexibility index (Phi) is 6.06. The minimum Gasteiger partial charge on any atom is -0.497 e. The predicted molar refractivity (Wildman–Crippen MR) is 117 cm³/mol. The van der Waals surface area contributed by atoms with Crippen LogP contribution < -0.4 is 4.74 Å². The van der Waals surface area contributed by atoms with Gasteiger partial charge in [-0.2, -0.15) is 0 Å². The summed E-state index contributed by atoms with van der Waals surface area (Å²) in [6.07, 6.45) is 6.73. The fraction of sp³-hybridized carbons (Fsp3) is 0.538. The number of piperidine rings is 1. The Morgan fingerprint density at radius 1 is 1.00 bits per heavy atom. The molecule has 2 aromatic rings. The first kappa shape index (κ1) is 19.5. The van der Waals surface area contributed by atoms with Gasteiger partial charge < -0.3 is 4.74 Å². The first-order chi connectivity index (χ1) is 13.6. The van der Waals surface area contributed by atoms with Gasteiger partial charge in [0.1, 0.15) is 5.75 Å². The molecule has 0 N–H and O–H groups in total. The Labute approximate surface area is 170 Å². The Balaban J connectivity index is 1.43. The minimum atomic E-state index is 0.523. The summed E-state index contributed by atoms with van der Waals surface area (Å²) in [6, 6.07) is 21.1.